The van der Waals surface area contributed by atoms with Gasteiger partial charge in [-0.05, 0) is 31.3 Å². The Morgan fingerprint density at radius 3 is 2.72 bits per heavy atom. The van der Waals surface area contributed by atoms with Gasteiger partial charge in [0.25, 0.3) is 0 Å². The van der Waals surface area contributed by atoms with Crippen LogP contribution in [0.5, 0.6) is 0 Å². The van der Waals surface area contributed by atoms with Crippen molar-refractivity contribution in [3.63, 3.8) is 0 Å². The summed E-state index contributed by atoms with van der Waals surface area (Å²) < 4.78 is 5.91. The molecule has 2 saturated heterocycles. The highest BCUT2D eigenvalue weighted by Gasteiger charge is 2.27. The standard InChI is InChI=1S/C14H29N3O/c1-12(2)8-17-5-6-18-14(11-17)10-16-4-3-13(7-15)9-16/h12-14H,3-11,15H2,1-2H3. The maximum Gasteiger partial charge on any atom is 0.0829 e. The summed E-state index contributed by atoms with van der Waals surface area (Å²) in [6.07, 6.45) is 1.66. The zero-order chi connectivity index (χ0) is 13.0. The topological polar surface area (TPSA) is 41.7 Å². The predicted molar refractivity (Wildman–Crippen MR) is 74.6 cm³/mol. The summed E-state index contributed by atoms with van der Waals surface area (Å²) >= 11 is 0. The van der Waals surface area contributed by atoms with Crippen LogP contribution in [-0.4, -0.2) is 68.3 Å². The van der Waals surface area contributed by atoms with Crippen molar-refractivity contribution in [3.8, 4) is 0 Å². The molecule has 0 amide bonds. The van der Waals surface area contributed by atoms with E-state index >= 15 is 0 Å². The van der Waals surface area contributed by atoms with Gasteiger partial charge in [-0.25, -0.2) is 0 Å². The van der Waals surface area contributed by atoms with Crippen LogP contribution in [0.3, 0.4) is 0 Å². The summed E-state index contributed by atoms with van der Waals surface area (Å²) in [5, 5.41) is 0. The van der Waals surface area contributed by atoms with E-state index < -0.39 is 0 Å². The Bertz CT molecular complexity index is 247. The fourth-order valence-corrected chi connectivity index (χ4v) is 3.13. The first-order valence-corrected chi connectivity index (χ1v) is 7.43. The van der Waals surface area contributed by atoms with Crippen molar-refractivity contribution in [1.29, 1.82) is 0 Å². The van der Waals surface area contributed by atoms with Crippen LogP contribution in [-0.2, 0) is 4.74 Å². The number of likely N-dealkylation sites (tertiary alicyclic amines) is 1. The second-order valence-corrected chi connectivity index (χ2v) is 6.30. The van der Waals surface area contributed by atoms with Gasteiger partial charge in [0.2, 0.25) is 0 Å². The van der Waals surface area contributed by atoms with Crippen molar-refractivity contribution >= 4 is 0 Å². The van der Waals surface area contributed by atoms with Gasteiger partial charge in [0.1, 0.15) is 0 Å². The molecule has 0 saturated carbocycles. The highest BCUT2D eigenvalue weighted by molar-refractivity contribution is 4.81. The van der Waals surface area contributed by atoms with Crippen molar-refractivity contribution in [2.75, 3.05) is 52.4 Å². The molecule has 4 heteroatoms. The molecule has 0 radical (unpaired) electrons. The molecule has 0 aromatic heterocycles. The van der Waals surface area contributed by atoms with E-state index in [1.165, 1.54) is 26.1 Å². The van der Waals surface area contributed by atoms with Crippen LogP contribution in [0.2, 0.25) is 0 Å². The Kier molecular flexibility index (Phi) is 5.42. The smallest absolute Gasteiger partial charge is 0.0829 e. The minimum Gasteiger partial charge on any atom is -0.374 e. The number of hydrogen-bond acceptors (Lipinski definition) is 4. The third-order valence-corrected chi connectivity index (χ3v) is 4.01. The van der Waals surface area contributed by atoms with E-state index in [1.807, 2.05) is 0 Å². The number of nitrogens with two attached hydrogens (primary N) is 1. The van der Waals surface area contributed by atoms with E-state index in [4.69, 9.17) is 10.5 Å². The highest BCUT2D eigenvalue weighted by atomic mass is 16.5. The van der Waals surface area contributed by atoms with Crippen LogP contribution in [0.4, 0.5) is 0 Å². The summed E-state index contributed by atoms with van der Waals surface area (Å²) in [4.78, 5) is 5.08. The largest absolute Gasteiger partial charge is 0.374 e. The van der Waals surface area contributed by atoms with Gasteiger partial charge in [0, 0.05) is 32.7 Å². The van der Waals surface area contributed by atoms with Crippen LogP contribution in [0.25, 0.3) is 0 Å². The molecule has 2 unspecified atom stereocenters. The number of hydrogen-bond donors (Lipinski definition) is 1. The third kappa shape index (κ3) is 4.19. The van der Waals surface area contributed by atoms with Gasteiger partial charge < -0.3 is 15.4 Å². The van der Waals surface area contributed by atoms with E-state index in [1.54, 1.807) is 0 Å². The number of ether oxygens (including phenoxy) is 1. The lowest BCUT2D eigenvalue weighted by molar-refractivity contribution is -0.0438. The van der Waals surface area contributed by atoms with Gasteiger partial charge in [-0.15, -0.1) is 0 Å². The molecule has 0 aliphatic carbocycles. The lowest BCUT2D eigenvalue weighted by atomic mass is 10.1. The summed E-state index contributed by atoms with van der Waals surface area (Å²) in [5.74, 6) is 1.46. The Labute approximate surface area is 111 Å². The van der Waals surface area contributed by atoms with Crippen molar-refractivity contribution in [2.24, 2.45) is 17.6 Å². The fourth-order valence-electron chi connectivity index (χ4n) is 3.13. The molecule has 2 rings (SSSR count). The molecule has 0 aromatic rings. The first kappa shape index (κ1) is 14.3. The average molecular weight is 255 g/mol. The Hall–Kier alpha value is -0.160. The van der Waals surface area contributed by atoms with Crippen LogP contribution < -0.4 is 5.73 Å². The summed E-state index contributed by atoms with van der Waals surface area (Å²) in [6.45, 7) is 13.2. The van der Waals surface area contributed by atoms with Gasteiger partial charge in [-0.3, -0.25) is 4.90 Å². The predicted octanol–water partition coefficient (Wildman–Crippen LogP) is 0.624. The first-order chi connectivity index (χ1) is 8.67. The molecule has 106 valence electrons. The van der Waals surface area contributed by atoms with E-state index in [0.29, 0.717) is 12.0 Å². The molecular formula is C14H29N3O. The van der Waals surface area contributed by atoms with Crippen molar-refractivity contribution in [2.45, 2.75) is 26.4 Å². The second kappa shape index (κ2) is 6.85. The van der Waals surface area contributed by atoms with Gasteiger partial charge >= 0.3 is 0 Å². The molecule has 0 bridgehead atoms. The molecule has 2 aliphatic heterocycles. The number of rotatable bonds is 5. The van der Waals surface area contributed by atoms with Crippen LogP contribution >= 0.6 is 0 Å². The average Bonchev–Trinajstić information content (AvgIpc) is 2.76. The molecule has 18 heavy (non-hydrogen) atoms. The molecule has 2 heterocycles. The quantitative estimate of drug-likeness (QED) is 0.782. The van der Waals surface area contributed by atoms with Crippen molar-refractivity contribution < 1.29 is 4.74 Å². The van der Waals surface area contributed by atoms with Crippen molar-refractivity contribution in [3.05, 3.63) is 0 Å². The Morgan fingerprint density at radius 2 is 2.06 bits per heavy atom. The molecule has 4 nitrogen and oxygen atoms in total. The maximum atomic E-state index is 5.91. The number of morpholine rings is 1. The van der Waals surface area contributed by atoms with Gasteiger partial charge in [0.05, 0.1) is 12.7 Å². The van der Waals surface area contributed by atoms with Crippen LogP contribution in [0.15, 0.2) is 0 Å². The van der Waals surface area contributed by atoms with E-state index in [0.717, 1.165) is 38.7 Å². The summed E-state index contributed by atoms with van der Waals surface area (Å²) in [5.41, 5.74) is 5.74. The molecule has 0 spiro atoms. The van der Waals surface area contributed by atoms with Crippen molar-refractivity contribution in [1.82, 2.24) is 9.80 Å². The molecule has 2 fully saturated rings. The lowest BCUT2D eigenvalue weighted by Crippen LogP contribution is -2.48. The molecule has 2 N–H and O–H groups in total. The van der Waals surface area contributed by atoms with Gasteiger partial charge in [-0.2, -0.15) is 0 Å². The monoisotopic (exact) mass is 255 g/mol. The summed E-state index contributed by atoms with van der Waals surface area (Å²) in [6, 6.07) is 0. The normalized spacial score (nSPS) is 31.3. The van der Waals surface area contributed by atoms with E-state index in [2.05, 4.69) is 23.6 Å². The zero-order valence-corrected chi connectivity index (χ0v) is 12.0. The van der Waals surface area contributed by atoms with Gasteiger partial charge in [-0.1, -0.05) is 13.8 Å². The summed E-state index contributed by atoms with van der Waals surface area (Å²) in [7, 11) is 0. The van der Waals surface area contributed by atoms with E-state index in [-0.39, 0.29) is 0 Å². The molecule has 2 atom stereocenters. The van der Waals surface area contributed by atoms with Crippen LogP contribution in [0.1, 0.15) is 20.3 Å². The van der Waals surface area contributed by atoms with Gasteiger partial charge in [0.15, 0.2) is 0 Å². The second-order valence-electron chi connectivity index (χ2n) is 6.30. The van der Waals surface area contributed by atoms with E-state index in [9.17, 15) is 0 Å². The zero-order valence-electron chi connectivity index (χ0n) is 12.0. The molecule has 2 aliphatic rings. The fraction of sp³-hybridized carbons (Fsp3) is 1.00. The molecular weight excluding hydrogens is 226 g/mol. The third-order valence-electron chi connectivity index (χ3n) is 4.01. The lowest BCUT2D eigenvalue weighted by Gasteiger charge is -2.35. The molecule has 0 aromatic carbocycles. The Balaban J connectivity index is 1.72. The SMILES string of the molecule is CC(C)CN1CCOC(CN2CCC(CN)C2)C1. The maximum absolute atomic E-state index is 5.91. The van der Waals surface area contributed by atoms with Crippen LogP contribution in [0, 0.1) is 11.8 Å². The minimum atomic E-state index is 0.397. The highest BCUT2D eigenvalue weighted by Crippen LogP contribution is 2.17. The Morgan fingerprint density at radius 1 is 1.22 bits per heavy atom. The number of nitrogens with zero attached hydrogens (tertiary/aromatic N) is 2. The first-order valence-electron chi connectivity index (χ1n) is 7.43. The minimum absolute atomic E-state index is 0.397.